The fourth-order valence-electron chi connectivity index (χ4n) is 8.31. The van der Waals surface area contributed by atoms with Crippen LogP contribution >= 0.6 is 0 Å². The Hall–Kier alpha value is -1.96. The van der Waals surface area contributed by atoms with Crippen molar-refractivity contribution < 1.29 is 9.47 Å². The number of benzene rings is 2. The molecule has 0 radical (unpaired) electrons. The highest BCUT2D eigenvalue weighted by Gasteiger charge is 2.25. The predicted octanol–water partition coefficient (Wildman–Crippen LogP) is 13.2. The molecule has 0 spiro atoms. The van der Waals surface area contributed by atoms with E-state index < -0.39 is 0 Å². The van der Waals surface area contributed by atoms with E-state index in [1.165, 1.54) is 152 Å². The average molecular weight is 603 g/mol. The maximum atomic E-state index is 6.17. The predicted molar refractivity (Wildman–Crippen MR) is 190 cm³/mol. The van der Waals surface area contributed by atoms with Gasteiger partial charge in [0.05, 0.1) is 13.2 Å². The Balaban J connectivity index is 1.12. The van der Waals surface area contributed by atoms with Crippen molar-refractivity contribution >= 4 is 0 Å². The molecule has 44 heavy (non-hydrogen) atoms. The van der Waals surface area contributed by atoms with Crippen LogP contribution in [0.3, 0.4) is 0 Å². The zero-order valence-electron chi connectivity index (χ0n) is 28.7. The van der Waals surface area contributed by atoms with Crippen LogP contribution in [-0.4, -0.2) is 13.2 Å². The molecule has 0 N–H and O–H groups in total. The van der Waals surface area contributed by atoms with Crippen molar-refractivity contribution in [2.45, 2.75) is 155 Å². The van der Waals surface area contributed by atoms with E-state index in [0.29, 0.717) is 0 Å². The summed E-state index contributed by atoms with van der Waals surface area (Å²) in [7, 11) is 0. The van der Waals surface area contributed by atoms with E-state index in [-0.39, 0.29) is 0 Å². The van der Waals surface area contributed by atoms with Crippen LogP contribution in [0.4, 0.5) is 0 Å². The first kappa shape index (κ1) is 34.9. The lowest BCUT2D eigenvalue weighted by molar-refractivity contribution is 0.190. The molecule has 2 nitrogen and oxygen atoms in total. The van der Waals surface area contributed by atoms with Crippen molar-refractivity contribution in [1.29, 1.82) is 0 Å². The minimum Gasteiger partial charge on any atom is -0.494 e. The van der Waals surface area contributed by atoms with Crippen LogP contribution in [0.2, 0.25) is 0 Å². The minimum atomic E-state index is 0.838. The van der Waals surface area contributed by atoms with E-state index >= 15 is 0 Å². The molecule has 2 aromatic rings. The summed E-state index contributed by atoms with van der Waals surface area (Å²) >= 11 is 0. The zero-order chi connectivity index (χ0) is 30.7. The molecule has 2 aliphatic rings. The van der Waals surface area contributed by atoms with E-state index in [0.717, 1.165) is 48.4 Å². The molecule has 2 saturated carbocycles. The molecular formula is C42H66O2. The molecule has 4 atom stereocenters. The highest BCUT2D eigenvalue weighted by Crippen LogP contribution is 2.38. The van der Waals surface area contributed by atoms with Crippen molar-refractivity contribution in [2.75, 3.05) is 13.2 Å². The van der Waals surface area contributed by atoms with Gasteiger partial charge in [0.15, 0.2) is 0 Å². The number of rotatable bonds is 21. The second-order valence-electron chi connectivity index (χ2n) is 14.3. The number of unbranched alkanes of at least 4 members (excludes halogenated alkanes) is 6. The van der Waals surface area contributed by atoms with E-state index in [1.54, 1.807) is 0 Å². The topological polar surface area (TPSA) is 18.5 Å². The summed E-state index contributed by atoms with van der Waals surface area (Å²) in [6, 6.07) is 17.3. The van der Waals surface area contributed by atoms with Crippen LogP contribution in [0.15, 0.2) is 48.5 Å². The summed E-state index contributed by atoms with van der Waals surface area (Å²) in [5.41, 5.74) is 2.47. The Labute approximate surface area is 272 Å². The van der Waals surface area contributed by atoms with Gasteiger partial charge in [0.2, 0.25) is 0 Å². The van der Waals surface area contributed by atoms with Gasteiger partial charge in [-0.15, -0.1) is 0 Å². The molecule has 0 heterocycles. The average Bonchev–Trinajstić information content (AvgIpc) is 3.07. The second-order valence-corrected chi connectivity index (χ2v) is 14.3. The second kappa shape index (κ2) is 21.0. The number of ether oxygens (including phenoxy) is 2. The summed E-state index contributed by atoms with van der Waals surface area (Å²) in [5.74, 6) is 5.78. The Kier molecular flexibility index (Phi) is 16.6. The van der Waals surface area contributed by atoms with Gasteiger partial charge in [-0.25, -0.2) is 0 Å². The van der Waals surface area contributed by atoms with Gasteiger partial charge in [0.25, 0.3) is 0 Å². The first-order valence-corrected chi connectivity index (χ1v) is 19.2. The fraction of sp³-hybridized carbons (Fsp3) is 0.714. The minimum absolute atomic E-state index is 0.838. The van der Waals surface area contributed by atoms with Crippen LogP contribution < -0.4 is 9.47 Å². The van der Waals surface area contributed by atoms with Crippen molar-refractivity contribution in [3.05, 3.63) is 48.5 Å². The lowest BCUT2D eigenvalue weighted by atomic mass is 9.74. The van der Waals surface area contributed by atoms with Gasteiger partial charge in [-0.1, -0.05) is 154 Å². The molecule has 0 saturated heterocycles. The van der Waals surface area contributed by atoms with E-state index in [1.807, 2.05) is 0 Å². The molecule has 4 rings (SSSR count). The van der Waals surface area contributed by atoms with Gasteiger partial charge in [-0.3, -0.25) is 0 Å². The van der Waals surface area contributed by atoms with Crippen molar-refractivity contribution in [1.82, 2.24) is 0 Å². The molecule has 2 fully saturated rings. The number of hydrogen-bond donors (Lipinski definition) is 0. The van der Waals surface area contributed by atoms with Gasteiger partial charge in [-0.05, 0) is 84.7 Å². The molecule has 0 aromatic heterocycles. The zero-order valence-corrected chi connectivity index (χ0v) is 28.7. The van der Waals surface area contributed by atoms with Gasteiger partial charge in [0.1, 0.15) is 11.5 Å². The highest BCUT2D eigenvalue weighted by molar-refractivity contribution is 5.64. The van der Waals surface area contributed by atoms with Gasteiger partial charge in [0, 0.05) is 0 Å². The molecule has 0 aliphatic heterocycles. The molecular weight excluding hydrogens is 536 g/mol. The summed E-state index contributed by atoms with van der Waals surface area (Å²) in [5, 5.41) is 0. The third-order valence-corrected chi connectivity index (χ3v) is 11.0. The third kappa shape index (κ3) is 12.4. The van der Waals surface area contributed by atoms with E-state index in [2.05, 4.69) is 62.4 Å². The lowest BCUT2D eigenvalue weighted by Gasteiger charge is -2.31. The van der Waals surface area contributed by atoms with Crippen LogP contribution in [-0.2, 0) is 0 Å². The van der Waals surface area contributed by atoms with Gasteiger partial charge < -0.3 is 9.47 Å². The molecule has 246 valence electrons. The van der Waals surface area contributed by atoms with Gasteiger partial charge >= 0.3 is 0 Å². The molecule has 2 aliphatic carbocycles. The third-order valence-electron chi connectivity index (χ3n) is 11.0. The first-order chi connectivity index (χ1) is 21.8. The summed E-state index contributed by atoms with van der Waals surface area (Å²) < 4.78 is 12.3. The van der Waals surface area contributed by atoms with Crippen molar-refractivity contribution in [3.8, 4) is 22.6 Å². The number of hydrogen-bond acceptors (Lipinski definition) is 2. The van der Waals surface area contributed by atoms with Crippen LogP contribution in [0.25, 0.3) is 11.1 Å². The van der Waals surface area contributed by atoms with Gasteiger partial charge in [-0.2, -0.15) is 0 Å². The largest absolute Gasteiger partial charge is 0.494 e. The SMILES string of the molecule is CCCCCCC1CCCCC1CCCOc1ccc(-c2ccc(OCCCC3CCCCC3CCCCCC)cc2)cc1. The van der Waals surface area contributed by atoms with Crippen molar-refractivity contribution in [3.63, 3.8) is 0 Å². The molecule has 0 bridgehead atoms. The summed E-state index contributed by atoms with van der Waals surface area (Å²) in [6.45, 7) is 6.30. The lowest BCUT2D eigenvalue weighted by Crippen LogP contribution is -2.20. The Morgan fingerprint density at radius 1 is 0.432 bits per heavy atom. The Morgan fingerprint density at radius 2 is 0.773 bits per heavy atom. The maximum Gasteiger partial charge on any atom is 0.119 e. The molecule has 0 amide bonds. The molecule has 4 unspecified atom stereocenters. The summed E-state index contributed by atoms with van der Waals surface area (Å²) in [4.78, 5) is 0. The van der Waals surface area contributed by atoms with Crippen molar-refractivity contribution in [2.24, 2.45) is 23.7 Å². The Bertz CT molecular complexity index is 898. The first-order valence-electron chi connectivity index (χ1n) is 19.2. The standard InChI is InChI=1S/C42H66O2/c1-3-5-7-9-17-35-19-11-13-21-37(35)23-15-33-43-41-29-25-39(26-30-41)40-27-31-42(32-28-40)44-34-16-24-38-22-14-12-20-36(38)18-10-8-6-4-2/h25-32,35-38H,3-24,33-34H2,1-2H3. The van der Waals surface area contributed by atoms with Crippen LogP contribution in [0.5, 0.6) is 11.5 Å². The normalized spacial score (nSPS) is 22.1. The monoisotopic (exact) mass is 603 g/mol. The molecule has 2 aromatic carbocycles. The summed E-state index contributed by atoms with van der Waals surface area (Å²) in [6.07, 6.45) is 30.8. The van der Waals surface area contributed by atoms with Crippen LogP contribution in [0, 0.1) is 23.7 Å². The van der Waals surface area contributed by atoms with E-state index in [9.17, 15) is 0 Å². The van der Waals surface area contributed by atoms with E-state index in [4.69, 9.17) is 9.47 Å². The Morgan fingerprint density at radius 3 is 1.11 bits per heavy atom. The smallest absolute Gasteiger partial charge is 0.119 e. The van der Waals surface area contributed by atoms with Crippen LogP contribution in [0.1, 0.15) is 155 Å². The highest BCUT2D eigenvalue weighted by atomic mass is 16.5. The quantitative estimate of drug-likeness (QED) is 0.132. The fourth-order valence-corrected chi connectivity index (χ4v) is 8.31. The molecule has 2 heteroatoms. The maximum absolute atomic E-state index is 6.17.